The molecule has 0 aliphatic carbocycles. The van der Waals surface area contributed by atoms with Crippen LogP contribution in [0.4, 0.5) is 28.4 Å². The molecule has 13 heteroatoms. The summed E-state index contributed by atoms with van der Waals surface area (Å²) in [6, 6.07) is 4.98. The Kier molecular flexibility index (Phi) is 6.91. The molecule has 0 radical (unpaired) electrons. The van der Waals surface area contributed by atoms with E-state index in [2.05, 4.69) is 14.9 Å². The van der Waals surface area contributed by atoms with Gasteiger partial charge >= 0.3 is 6.01 Å². The van der Waals surface area contributed by atoms with E-state index in [-0.39, 0.29) is 70.3 Å². The maximum atomic E-state index is 16.6. The van der Waals surface area contributed by atoms with Crippen molar-refractivity contribution in [3.63, 3.8) is 0 Å². The lowest BCUT2D eigenvalue weighted by atomic mass is 9.95. The van der Waals surface area contributed by atoms with Gasteiger partial charge in [-0.15, -0.1) is 11.3 Å². The van der Waals surface area contributed by atoms with E-state index in [1.54, 1.807) is 11.8 Å². The van der Waals surface area contributed by atoms with E-state index in [1.165, 1.54) is 12.1 Å². The number of hydrogen-bond donors (Lipinski definition) is 2. The number of alkyl halides is 1. The molecular weight excluding hydrogens is 586 g/mol. The number of fused-ring (bicyclic) bond motifs is 3. The predicted octanol–water partition coefficient (Wildman–Crippen LogP) is 5.05. The fourth-order valence-corrected chi connectivity index (χ4v) is 7.73. The number of rotatable bonds is 5. The maximum absolute atomic E-state index is 16.6. The van der Waals surface area contributed by atoms with Crippen LogP contribution in [0, 0.1) is 17.5 Å². The van der Waals surface area contributed by atoms with Crippen molar-refractivity contribution in [1.82, 2.24) is 14.9 Å². The largest absolute Gasteiger partial charge is 0.461 e. The Labute approximate surface area is 249 Å². The molecule has 1 unspecified atom stereocenters. The van der Waals surface area contributed by atoms with Gasteiger partial charge in [0.1, 0.15) is 41.3 Å². The van der Waals surface area contributed by atoms with Crippen molar-refractivity contribution in [2.45, 2.75) is 43.5 Å². The molecule has 3 atom stereocenters. The summed E-state index contributed by atoms with van der Waals surface area (Å²) in [5, 5.41) is 11.5. The highest BCUT2D eigenvalue weighted by atomic mass is 32.1. The molecule has 7 rings (SSSR count). The smallest absolute Gasteiger partial charge is 0.319 e. The first kappa shape index (κ1) is 28.5. The third-order valence-corrected chi connectivity index (χ3v) is 9.72. The minimum Gasteiger partial charge on any atom is -0.461 e. The Hall–Kier alpha value is -3.26. The van der Waals surface area contributed by atoms with Gasteiger partial charge in [-0.25, -0.2) is 17.6 Å². The first-order valence-electron chi connectivity index (χ1n) is 14.3. The predicted molar refractivity (Wildman–Crippen MR) is 157 cm³/mol. The van der Waals surface area contributed by atoms with Gasteiger partial charge in [0.2, 0.25) is 0 Å². The third kappa shape index (κ3) is 4.95. The summed E-state index contributed by atoms with van der Waals surface area (Å²) in [6.45, 7) is 3.54. The molecule has 3 aliphatic rings. The van der Waals surface area contributed by atoms with Crippen LogP contribution in [0.1, 0.15) is 26.2 Å². The van der Waals surface area contributed by atoms with Crippen molar-refractivity contribution in [3.05, 3.63) is 41.7 Å². The van der Waals surface area contributed by atoms with Gasteiger partial charge in [-0.05, 0) is 50.1 Å². The van der Waals surface area contributed by atoms with Gasteiger partial charge in [0.15, 0.2) is 5.82 Å². The number of nitrogens with two attached hydrogens (primary N) is 1. The minimum atomic E-state index is -1.26. The summed E-state index contributed by atoms with van der Waals surface area (Å²) in [5.74, 6) is -2.22. The molecule has 4 aromatic rings. The number of anilines is 2. The van der Waals surface area contributed by atoms with Gasteiger partial charge in [-0.1, -0.05) is 6.07 Å². The lowest BCUT2D eigenvalue weighted by Gasteiger charge is -2.31. The number of halogens is 4. The normalized spacial score (nSPS) is 26.4. The summed E-state index contributed by atoms with van der Waals surface area (Å²) in [7, 11) is 0. The number of aliphatic hydroxyl groups is 1. The van der Waals surface area contributed by atoms with Crippen molar-refractivity contribution < 1.29 is 32.1 Å². The van der Waals surface area contributed by atoms with Gasteiger partial charge in [0, 0.05) is 30.3 Å². The quantitative estimate of drug-likeness (QED) is 0.301. The first-order chi connectivity index (χ1) is 20.5. The molecule has 0 bridgehead atoms. The van der Waals surface area contributed by atoms with Crippen LogP contribution in [0.25, 0.3) is 32.1 Å². The molecule has 2 aromatic heterocycles. The fraction of sp³-hybridized carbons (Fsp3) is 0.467. The zero-order valence-electron chi connectivity index (χ0n) is 23.5. The Morgan fingerprint density at radius 2 is 2.00 bits per heavy atom. The van der Waals surface area contributed by atoms with Gasteiger partial charge in [0.25, 0.3) is 0 Å². The van der Waals surface area contributed by atoms with Crippen LogP contribution in [0.5, 0.6) is 6.01 Å². The second kappa shape index (κ2) is 10.4. The summed E-state index contributed by atoms with van der Waals surface area (Å²) >= 11 is 0.993. The van der Waals surface area contributed by atoms with Crippen molar-refractivity contribution in [1.29, 1.82) is 0 Å². The number of thiophene rings is 1. The Bertz CT molecular complexity index is 1740. The monoisotopic (exact) mass is 617 g/mol. The zero-order valence-corrected chi connectivity index (χ0v) is 24.3. The van der Waals surface area contributed by atoms with Crippen molar-refractivity contribution in [2.24, 2.45) is 0 Å². The SMILES string of the molecule is CC1(O)COCCN(c2nc(OC[C@@]34CCCN3C[C@H](F)C4)nc3c(F)c(-c4ccc(F)c5sc(N)cc45)c(F)cc23)C1. The molecule has 2 aromatic carbocycles. The lowest BCUT2D eigenvalue weighted by Crippen LogP contribution is -2.44. The first-order valence-corrected chi connectivity index (χ1v) is 15.1. The van der Waals surface area contributed by atoms with Gasteiger partial charge < -0.3 is 25.2 Å². The lowest BCUT2D eigenvalue weighted by molar-refractivity contribution is -0.0123. The molecule has 0 saturated carbocycles. The van der Waals surface area contributed by atoms with Crippen molar-refractivity contribution >= 4 is 43.1 Å². The number of nitrogens with zero attached hydrogens (tertiary/aromatic N) is 4. The Morgan fingerprint density at radius 1 is 1.16 bits per heavy atom. The topological polar surface area (TPSA) is 97.0 Å². The highest BCUT2D eigenvalue weighted by Crippen LogP contribution is 2.43. The minimum absolute atomic E-state index is 0.0792. The van der Waals surface area contributed by atoms with E-state index in [0.717, 1.165) is 42.9 Å². The summed E-state index contributed by atoms with van der Waals surface area (Å²) in [5.41, 5.74) is 3.73. The standard InChI is InChI=1S/C30H31F4N5O3S/c1-29(40)13-38(7-8-41-14-29)27-19-9-21(33)23(17-3-4-20(32)26-18(17)10-22(35)43-26)24(34)25(19)36-28(37-27)42-15-30-5-2-6-39(30)12-16(31)11-30/h3-4,9-10,16,40H,2,5-8,11-15,35H2,1H3/t16-,29?,30+/m1/s1. The van der Waals surface area contributed by atoms with Crippen LogP contribution >= 0.6 is 11.3 Å². The van der Waals surface area contributed by atoms with E-state index < -0.39 is 34.8 Å². The molecule has 3 aliphatic heterocycles. The third-order valence-electron chi connectivity index (χ3n) is 8.75. The highest BCUT2D eigenvalue weighted by molar-refractivity contribution is 7.22. The Morgan fingerprint density at radius 3 is 2.84 bits per heavy atom. The highest BCUT2D eigenvalue weighted by Gasteiger charge is 2.49. The van der Waals surface area contributed by atoms with Crippen LogP contribution in [0.3, 0.4) is 0 Å². The second-order valence-corrected chi connectivity index (χ2v) is 13.2. The van der Waals surface area contributed by atoms with Crippen LogP contribution in [-0.4, -0.2) is 83.3 Å². The average molecular weight is 618 g/mol. The summed E-state index contributed by atoms with van der Waals surface area (Å²) < 4.78 is 73.3. The number of β-amino-alcohol motifs (C(OH)–C–C–N with tert-alkyl or cyclic N) is 1. The van der Waals surface area contributed by atoms with Gasteiger partial charge in [0.05, 0.1) is 40.6 Å². The molecular formula is C30H31F4N5O3S. The average Bonchev–Trinajstić information content (AvgIpc) is 3.58. The Balaban J connectivity index is 1.38. The van der Waals surface area contributed by atoms with Crippen molar-refractivity contribution in [2.75, 3.05) is 56.6 Å². The maximum Gasteiger partial charge on any atom is 0.319 e. The number of ether oxygens (including phenoxy) is 2. The molecule has 3 fully saturated rings. The molecule has 43 heavy (non-hydrogen) atoms. The van der Waals surface area contributed by atoms with Crippen LogP contribution < -0.4 is 15.4 Å². The molecule has 0 amide bonds. The van der Waals surface area contributed by atoms with Crippen molar-refractivity contribution in [3.8, 4) is 17.1 Å². The molecule has 228 valence electrons. The molecule has 5 heterocycles. The van der Waals surface area contributed by atoms with Gasteiger partial charge in [-0.3, -0.25) is 4.90 Å². The van der Waals surface area contributed by atoms with Crippen LogP contribution in [0.2, 0.25) is 0 Å². The van der Waals surface area contributed by atoms with E-state index in [4.69, 9.17) is 15.2 Å². The summed E-state index contributed by atoms with van der Waals surface area (Å²) in [4.78, 5) is 12.8. The number of nitrogen functional groups attached to an aromatic ring is 1. The molecule has 8 nitrogen and oxygen atoms in total. The van der Waals surface area contributed by atoms with Gasteiger partial charge in [-0.2, -0.15) is 9.97 Å². The van der Waals surface area contributed by atoms with Crippen LogP contribution in [0.15, 0.2) is 24.3 Å². The van der Waals surface area contributed by atoms with Crippen LogP contribution in [-0.2, 0) is 4.74 Å². The number of aromatic nitrogens is 2. The number of benzene rings is 2. The molecule has 0 spiro atoms. The van der Waals surface area contributed by atoms with E-state index in [1.807, 2.05) is 0 Å². The summed E-state index contributed by atoms with van der Waals surface area (Å²) in [6.07, 6.45) is 1.04. The van der Waals surface area contributed by atoms with E-state index in [9.17, 15) is 13.9 Å². The number of hydrogen-bond acceptors (Lipinski definition) is 9. The van der Waals surface area contributed by atoms with E-state index in [0.29, 0.717) is 24.5 Å². The molecule has 3 N–H and O–H groups in total. The fourth-order valence-electron chi connectivity index (χ4n) is 6.87. The van der Waals surface area contributed by atoms with E-state index >= 15 is 8.78 Å². The molecule has 3 saturated heterocycles. The second-order valence-electron chi connectivity index (χ2n) is 12.1. The zero-order chi connectivity index (χ0) is 30.1.